The standard InChI is InChI=1S/C16H27NO2/c1-14(13-18)8-4-3-7-11-17-16(19)12-15-9-5-2-6-10-15/h9,13-14H,2-8,10-12H2,1H3,(H,17,19). The van der Waals surface area contributed by atoms with Gasteiger partial charge in [0.2, 0.25) is 5.91 Å². The maximum atomic E-state index is 11.7. The van der Waals surface area contributed by atoms with E-state index in [0.717, 1.165) is 51.4 Å². The highest BCUT2D eigenvalue weighted by Gasteiger charge is 2.08. The van der Waals surface area contributed by atoms with Crippen molar-refractivity contribution in [2.45, 2.75) is 64.7 Å². The first kappa shape index (κ1) is 15.9. The van der Waals surface area contributed by atoms with Gasteiger partial charge < -0.3 is 10.1 Å². The molecule has 108 valence electrons. The molecule has 0 aromatic carbocycles. The van der Waals surface area contributed by atoms with Crippen molar-refractivity contribution in [2.24, 2.45) is 5.92 Å². The van der Waals surface area contributed by atoms with Crippen molar-refractivity contribution < 1.29 is 9.59 Å². The predicted octanol–water partition coefficient (Wildman–Crippen LogP) is 3.39. The van der Waals surface area contributed by atoms with Crippen LogP contribution in [0.15, 0.2) is 11.6 Å². The first-order chi connectivity index (χ1) is 9.22. The average molecular weight is 265 g/mol. The van der Waals surface area contributed by atoms with Crippen LogP contribution in [0.2, 0.25) is 0 Å². The summed E-state index contributed by atoms with van der Waals surface area (Å²) in [5.41, 5.74) is 1.31. The summed E-state index contributed by atoms with van der Waals surface area (Å²) in [7, 11) is 0. The van der Waals surface area contributed by atoms with E-state index in [0.29, 0.717) is 6.42 Å². The Balaban J connectivity index is 1.98. The van der Waals surface area contributed by atoms with Crippen LogP contribution >= 0.6 is 0 Å². The summed E-state index contributed by atoms with van der Waals surface area (Å²) in [6.07, 6.45) is 12.7. The largest absolute Gasteiger partial charge is 0.356 e. The Bertz CT molecular complexity index is 310. The number of carbonyl (C=O) groups is 2. The zero-order chi connectivity index (χ0) is 13.9. The molecule has 3 nitrogen and oxygen atoms in total. The van der Waals surface area contributed by atoms with Crippen molar-refractivity contribution >= 4 is 12.2 Å². The van der Waals surface area contributed by atoms with Crippen molar-refractivity contribution in [1.29, 1.82) is 0 Å². The lowest BCUT2D eigenvalue weighted by atomic mass is 9.97. The highest BCUT2D eigenvalue weighted by Crippen LogP contribution is 2.19. The van der Waals surface area contributed by atoms with E-state index in [-0.39, 0.29) is 11.8 Å². The third-order valence-corrected chi connectivity index (χ3v) is 3.66. The van der Waals surface area contributed by atoms with Crippen molar-refractivity contribution in [3.63, 3.8) is 0 Å². The van der Waals surface area contributed by atoms with E-state index in [4.69, 9.17) is 0 Å². The number of hydrogen-bond acceptors (Lipinski definition) is 2. The van der Waals surface area contributed by atoms with Crippen LogP contribution in [0, 0.1) is 5.92 Å². The van der Waals surface area contributed by atoms with E-state index < -0.39 is 0 Å². The third kappa shape index (κ3) is 7.81. The fourth-order valence-electron chi connectivity index (χ4n) is 2.40. The summed E-state index contributed by atoms with van der Waals surface area (Å²) in [6.45, 7) is 2.72. The van der Waals surface area contributed by atoms with E-state index in [2.05, 4.69) is 11.4 Å². The second kappa shape index (κ2) is 9.76. The molecule has 1 atom stereocenters. The quantitative estimate of drug-likeness (QED) is 0.394. The van der Waals surface area contributed by atoms with Gasteiger partial charge in [-0.15, -0.1) is 0 Å². The van der Waals surface area contributed by atoms with E-state index in [1.807, 2.05) is 6.92 Å². The van der Waals surface area contributed by atoms with E-state index in [1.54, 1.807) is 0 Å². The topological polar surface area (TPSA) is 46.2 Å². The van der Waals surface area contributed by atoms with E-state index in [9.17, 15) is 9.59 Å². The molecule has 3 heteroatoms. The molecule has 1 amide bonds. The summed E-state index contributed by atoms with van der Waals surface area (Å²) in [4.78, 5) is 22.1. The van der Waals surface area contributed by atoms with Crippen molar-refractivity contribution in [3.8, 4) is 0 Å². The SMILES string of the molecule is CC(C=O)CCCCCNC(=O)CC1=CCCCC1. The molecule has 0 bridgehead atoms. The first-order valence-corrected chi connectivity index (χ1v) is 7.62. The zero-order valence-corrected chi connectivity index (χ0v) is 12.1. The van der Waals surface area contributed by atoms with Gasteiger partial charge in [0, 0.05) is 18.9 Å². The molecule has 0 fully saturated rings. The number of aldehydes is 1. The van der Waals surface area contributed by atoms with Gasteiger partial charge in [0.15, 0.2) is 0 Å². The molecule has 0 aromatic heterocycles. The van der Waals surface area contributed by atoms with Gasteiger partial charge in [-0.3, -0.25) is 4.79 Å². The van der Waals surface area contributed by atoms with Crippen molar-refractivity contribution in [1.82, 2.24) is 5.32 Å². The van der Waals surface area contributed by atoms with E-state index in [1.165, 1.54) is 18.4 Å². The van der Waals surface area contributed by atoms with Crippen LogP contribution in [0.3, 0.4) is 0 Å². The fourth-order valence-corrected chi connectivity index (χ4v) is 2.40. The minimum absolute atomic E-state index is 0.161. The molecular weight excluding hydrogens is 238 g/mol. The lowest BCUT2D eigenvalue weighted by molar-refractivity contribution is -0.120. The summed E-state index contributed by atoms with van der Waals surface area (Å²) < 4.78 is 0. The molecule has 19 heavy (non-hydrogen) atoms. The Labute approximate surface area is 116 Å². The Morgan fingerprint density at radius 2 is 2.21 bits per heavy atom. The molecule has 1 N–H and O–H groups in total. The molecule has 1 aliphatic carbocycles. The molecule has 0 spiro atoms. The Morgan fingerprint density at radius 3 is 2.89 bits per heavy atom. The van der Waals surface area contributed by atoms with Crippen LogP contribution in [-0.2, 0) is 9.59 Å². The van der Waals surface area contributed by atoms with Crippen molar-refractivity contribution in [3.05, 3.63) is 11.6 Å². The summed E-state index contributed by atoms with van der Waals surface area (Å²) in [5, 5.41) is 2.98. The number of allylic oxidation sites excluding steroid dienone is 1. The lowest BCUT2D eigenvalue weighted by Crippen LogP contribution is -2.24. The predicted molar refractivity (Wildman–Crippen MR) is 77.9 cm³/mol. The van der Waals surface area contributed by atoms with Gasteiger partial charge >= 0.3 is 0 Å². The average Bonchev–Trinajstić information content (AvgIpc) is 2.43. The minimum Gasteiger partial charge on any atom is -0.356 e. The molecule has 0 aromatic rings. The number of hydrogen-bond donors (Lipinski definition) is 1. The number of amides is 1. The highest BCUT2D eigenvalue weighted by atomic mass is 16.1. The monoisotopic (exact) mass is 265 g/mol. The molecule has 0 aliphatic heterocycles. The van der Waals surface area contributed by atoms with Gasteiger partial charge in [-0.05, 0) is 38.5 Å². The molecule has 1 aliphatic rings. The number of nitrogens with one attached hydrogen (secondary N) is 1. The first-order valence-electron chi connectivity index (χ1n) is 7.62. The maximum Gasteiger partial charge on any atom is 0.224 e. The Kier molecular flexibility index (Phi) is 8.19. The summed E-state index contributed by atoms with van der Waals surface area (Å²) in [5.74, 6) is 0.335. The molecular formula is C16H27NO2. The maximum absolute atomic E-state index is 11.7. The second-order valence-corrected chi connectivity index (χ2v) is 5.60. The molecule has 0 saturated heterocycles. The normalized spacial score (nSPS) is 16.6. The molecule has 0 saturated carbocycles. The van der Waals surface area contributed by atoms with Crippen LogP contribution in [0.1, 0.15) is 64.7 Å². The second-order valence-electron chi connectivity index (χ2n) is 5.60. The number of carbonyl (C=O) groups excluding carboxylic acids is 2. The fraction of sp³-hybridized carbons (Fsp3) is 0.750. The number of unbranched alkanes of at least 4 members (excludes halogenated alkanes) is 2. The smallest absolute Gasteiger partial charge is 0.224 e. The van der Waals surface area contributed by atoms with Gasteiger partial charge in [0.1, 0.15) is 6.29 Å². The van der Waals surface area contributed by atoms with Gasteiger partial charge in [-0.2, -0.15) is 0 Å². The highest BCUT2D eigenvalue weighted by molar-refractivity contribution is 5.78. The molecule has 0 heterocycles. The summed E-state index contributed by atoms with van der Waals surface area (Å²) >= 11 is 0. The Morgan fingerprint density at radius 1 is 1.37 bits per heavy atom. The van der Waals surface area contributed by atoms with E-state index >= 15 is 0 Å². The van der Waals surface area contributed by atoms with Gasteiger partial charge in [0.05, 0.1) is 0 Å². The van der Waals surface area contributed by atoms with Crippen LogP contribution in [0.5, 0.6) is 0 Å². The minimum atomic E-state index is 0.161. The zero-order valence-electron chi connectivity index (χ0n) is 12.1. The van der Waals surface area contributed by atoms with Crippen LogP contribution in [0.25, 0.3) is 0 Å². The van der Waals surface area contributed by atoms with Gasteiger partial charge in [-0.1, -0.05) is 31.4 Å². The Hall–Kier alpha value is -1.12. The molecule has 0 radical (unpaired) electrons. The van der Waals surface area contributed by atoms with Crippen molar-refractivity contribution in [2.75, 3.05) is 6.54 Å². The van der Waals surface area contributed by atoms with Crippen LogP contribution in [-0.4, -0.2) is 18.7 Å². The third-order valence-electron chi connectivity index (χ3n) is 3.66. The summed E-state index contributed by atoms with van der Waals surface area (Å²) in [6, 6.07) is 0. The van der Waals surface area contributed by atoms with Gasteiger partial charge in [0.25, 0.3) is 0 Å². The number of rotatable bonds is 9. The lowest BCUT2D eigenvalue weighted by Gasteiger charge is -2.12. The van der Waals surface area contributed by atoms with Crippen LogP contribution < -0.4 is 5.32 Å². The van der Waals surface area contributed by atoms with Gasteiger partial charge in [-0.25, -0.2) is 0 Å². The molecule has 1 rings (SSSR count). The molecule has 1 unspecified atom stereocenters. The van der Waals surface area contributed by atoms with Crippen LogP contribution in [0.4, 0.5) is 0 Å².